The standard InChI is InChI=1S/C20H24ClN3O2/c1-13(2)26-9-5-8-22-20-23-12-16-18(24-20)10-14(11-19(16)25)15-6-3-4-7-17(15)21/h3-4,6-7,12-14H,5,8-11H2,1-2H3,(H,22,23,24). The number of halogens is 1. The maximum absolute atomic E-state index is 12.5. The molecule has 0 aliphatic heterocycles. The number of aromatic nitrogens is 2. The number of benzene rings is 1. The molecular weight excluding hydrogens is 350 g/mol. The molecule has 1 aliphatic carbocycles. The van der Waals surface area contributed by atoms with Crippen LogP contribution in [0.5, 0.6) is 0 Å². The third-order valence-corrected chi connectivity index (χ3v) is 4.78. The summed E-state index contributed by atoms with van der Waals surface area (Å²) in [5.41, 5.74) is 2.43. The van der Waals surface area contributed by atoms with Gasteiger partial charge < -0.3 is 10.1 Å². The number of hydrogen-bond acceptors (Lipinski definition) is 5. The Morgan fingerprint density at radius 2 is 2.12 bits per heavy atom. The van der Waals surface area contributed by atoms with Gasteiger partial charge in [-0.05, 0) is 44.2 Å². The Kier molecular flexibility index (Phi) is 6.22. The third kappa shape index (κ3) is 4.59. The first-order valence-electron chi connectivity index (χ1n) is 9.03. The molecule has 0 fully saturated rings. The summed E-state index contributed by atoms with van der Waals surface area (Å²) in [6.45, 7) is 5.47. The molecule has 1 heterocycles. The van der Waals surface area contributed by atoms with E-state index < -0.39 is 0 Å². The second kappa shape index (κ2) is 8.60. The van der Waals surface area contributed by atoms with Crippen LogP contribution in [0.2, 0.25) is 5.02 Å². The Morgan fingerprint density at radius 3 is 2.88 bits per heavy atom. The molecule has 138 valence electrons. The van der Waals surface area contributed by atoms with Gasteiger partial charge in [0.2, 0.25) is 5.95 Å². The monoisotopic (exact) mass is 373 g/mol. The van der Waals surface area contributed by atoms with Crippen molar-refractivity contribution in [2.24, 2.45) is 0 Å². The molecule has 1 N–H and O–H groups in total. The lowest BCUT2D eigenvalue weighted by Crippen LogP contribution is -2.22. The third-order valence-electron chi connectivity index (χ3n) is 4.44. The predicted octanol–water partition coefficient (Wildman–Crippen LogP) is 4.27. The molecule has 1 atom stereocenters. The van der Waals surface area contributed by atoms with Crippen LogP contribution in [0.1, 0.15) is 54.2 Å². The molecule has 26 heavy (non-hydrogen) atoms. The van der Waals surface area contributed by atoms with Crippen LogP contribution in [0, 0.1) is 0 Å². The van der Waals surface area contributed by atoms with Crippen molar-refractivity contribution in [3.8, 4) is 0 Å². The molecule has 0 bridgehead atoms. The first-order chi connectivity index (χ1) is 12.5. The Labute approximate surface area is 159 Å². The van der Waals surface area contributed by atoms with E-state index in [4.69, 9.17) is 16.3 Å². The summed E-state index contributed by atoms with van der Waals surface area (Å²) in [5, 5.41) is 3.91. The number of ether oxygens (including phenoxy) is 1. The van der Waals surface area contributed by atoms with E-state index in [9.17, 15) is 4.79 Å². The van der Waals surface area contributed by atoms with Crippen molar-refractivity contribution in [1.29, 1.82) is 0 Å². The van der Waals surface area contributed by atoms with E-state index in [1.54, 1.807) is 6.20 Å². The van der Waals surface area contributed by atoms with Crippen LogP contribution >= 0.6 is 11.6 Å². The van der Waals surface area contributed by atoms with Crippen LogP contribution in [0.15, 0.2) is 30.5 Å². The van der Waals surface area contributed by atoms with Gasteiger partial charge >= 0.3 is 0 Å². The number of hydrogen-bond donors (Lipinski definition) is 1. The van der Waals surface area contributed by atoms with Gasteiger partial charge in [-0.15, -0.1) is 0 Å². The number of carbonyl (C=O) groups is 1. The zero-order chi connectivity index (χ0) is 18.5. The molecule has 3 rings (SSSR count). The largest absolute Gasteiger partial charge is 0.379 e. The minimum Gasteiger partial charge on any atom is -0.379 e. The number of carbonyl (C=O) groups excluding carboxylic acids is 1. The molecule has 0 radical (unpaired) electrons. The fraction of sp³-hybridized carbons (Fsp3) is 0.450. The van der Waals surface area contributed by atoms with Crippen LogP contribution in [-0.4, -0.2) is 35.0 Å². The number of nitrogens with zero attached hydrogens (tertiary/aromatic N) is 2. The molecule has 1 aliphatic rings. The highest BCUT2D eigenvalue weighted by atomic mass is 35.5. The Bertz CT molecular complexity index is 779. The summed E-state index contributed by atoms with van der Waals surface area (Å²) < 4.78 is 5.52. The van der Waals surface area contributed by atoms with Gasteiger partial charge in [0.05, 0.1) is 17.4 Å². The minimum absolute atomic E-state index is 0.0610. The molecular formula is C20H24ClN3O2. The fourth-order valence-corrected chi connectivity index (χ4v) is 3.44. The van der Waals surface area contributed by atoms with Gasteiger partial charge in [0.15, 0.2) is 5.78 Å². The number of Topliss-reactive ketones (excluding diaryl/α,β-unsaturated/α-hetero) is 1. The average Bonchev–Trinajstić information content (AvgIpc) is 2.61. The number of nitrogens with one attached hydrogen (secondary N) is 1. The van der Waals surface area contributed by atoms with E-state index >= 15 is 0 Å². The van der Waals surface area contributed by atoms with Crippen LogP contribution < -0.4 is 5.32 Å². The summed E-state index contributed by atoms with van der Waals surface area (Å²) in [6, 6.07) is 7.70. The predicted molar refractivity (Wildman–Crippen MR) is 103 cm³/mol. The number of ketones is 1. The maximum atomic E-state index is 12.5. The van der Waals surface area contributed by atoms with Gasteiger partial charge in [0.25, 0.3) is 0 Å². The molecule has 1 aromatic heterocycles. The summed E-state index contributed by atoms with van der Waals surface area (Å²) in [7, 11) is 0. The van der Waals surface area contributed by atoms with E-state index in [1.165, 1.54) is 0 Å². The SMILES string of the molecule is CC(C)OCCCNc1ncc2c(n1)CC(c1ccccc1Cl)CC2=O. The van der Waals surface area contributed by atoms with Crippen molar-refractivity contribution in [3.05, 3.63) is 52.3 Å². The van der Waals surface area contributed by atoms with Crippen LogP contribution in [0.4, 0.5) is 5.95 Å². The highest BCUT2D eigenvalue weighted by Crippen LogP contribution is 2.35. The van der Waals surface area contributed by atoms with Crippen molar-refractivity contribution >= 4 is 23.3 Å². The van der Waals surface area contributed by atoms with Crippen molar-refractivity contribution in [1.82, 2.24) is 9.97 Å². The van der Waals surface area contributed by atoms with E-state index in [2.05, 4.69) is 15.3 Å². The molecule has 2 aromatic rings. The molecule has 5 nitrogen and oxygen atoms in total. The number of fused-ring (bicyclic) bond motifs is 1. The molecule has 0 saturated heterocycles. The quantitative estimate of drug-likeness (QED) is 0.734. The van der Waals surface area contributed by atoms with Crippen LogP contribution in [-0.2, 0) is 11.2 Å². The second-order valence-electron chi connectivity index (χ2n) is 6.80. The highest BCUT2D eigenvalue weighted by Gasteiger charge is 2.29. The van der Waals surface area contributed by atoms with Gasteiger partial charge in [-0.3, -0.25) is 4.79 Å². The average molecular weight is 374 g/mol. The van der Waals surface area contributed by atoms with Gasteiger partial charge in [-0.25, -0.2) is 9.97 Å². The van der Waals surface area contributed by atoms with Crippen molar-refractivity contribution in [2.45, 2.75) is 45.1 Å². The minimum atomic E-state index is 0.0610. The molecule has 6 heteroatoms. The first-order valence-corrected chi connectivity index (χ1v) is 9.41. The Balaban J connectivity index is 1.67. The summed E-state index contributed by atoms with van der Waals surface area (Å²) in [5.74, 6) is 0.694. The van der Waals surface area contributed by atoms with Crippen molar-refractivity contribution in [2.75, 3.05) is 18.5 Å². The summed E-state index contributed by atoms with van der Waals surface area (Å²) in [4.78, 5) is 21.4. The van der Waals surface area contributed by atoms with Crippen molar-refractivity contribution < 1.29 is 9.53 Å². The first kappa shape index (κ1) is 18.8. The molecule has 0 saturated carbocycles. The molecule has 0 amide bonds. The fourth-order valence-electron chi connectivity index (χ4n) is 3.15. The van der Waals surface area contributed by atoms with Gasteiger partial charge in [-0.1, -0.05) is 29.8 Å². The topological polar surface area (TPSA) is 64.1 Å². The Hall–Kier alpha value is -1.98. The number of rotatable bonds is 7. The van der Waals surface area contributed by atoms with E-state index in [0.29, 0.717) is 36.0 Å². The summed E-state index contributed by atoms with van der Waals surface area (Å²) >= 11 is 6.32. The molecule has 1 aromatic carbocycles. The normalized spacial score (nSPS) is 16.6. The zero-order valence-corrected chi connectivity index (χ0v) is 15.9. The van der Waals surface area contributed by atoms with Crippen LogP contribution in [0.25, 0.3) is 0 Å². The lowest BCUT2D eigenvalue weighted by Gasteiger charge is -2.24. The van der Waals surface area contributed by atoms with E-state index in [-0.39, 0.29) is 17.8 Å². The smallest absolute Gasteiger partial charge is 0.222 e. The lowest BCUT2D eigenvalue weighted by atomic mass is 9.82. The number of anilines is 1. The van der Waals surface area contributed by atoms with Gasteiger partial charge in [0, 0.05) is 30.8 Å². The molecule has 0 spiro atoms. The van der Waals surface area contributed by atoms with E-state index in [0.717, 1.165) is 24.2 Å². The van der Waals surface area contributed by atoms with Crippen molar-refractivity contribution in [3.63, 3.8) is 0 Å². The van der Waals surface area contributed by atoms with E-state index in [1.807, 2.05) is 38.1 Å². The highest BCUT2D eigenvalue weighted by molar-refractivity contribution is 6.31. The lowest BCUT2D eigenvalue weighted by molar-refractivity contribution is 0.0787. The summed E-state index contributed by atoms with van der Waals surface area (Å²) in [6.07, 6.45) is 3.89. The Morgan fingerprint density at radius 1 is 1.31 bits per heavy atom. The van der Waals surface area contributed by atoms with Gasteiger partial charge in [0.1, 0.15) is 0 Å². The maximum Gasteiger partial charge on any atom is 0.222 e. The van der Waals surface area contributed by atoms with Crippen LogP contribution in [0.3, 0.4) is 0 Å². The van der Waals surface area contributed by atoms with Gasteiger partial charge in [-0.2, -0.15) is 0 Å². The molecule has 1 unspecified atom stereocenters. The zero-order valence-electron chi connectivity index (χ0n) is 15.2. The second-order valence-corrected chi connectivity index (χ2v) is 7.21.